The van der Waals surface area contributed by atoms with Gasteiger partial charge >= 0.3 is 0 Å². The average molecular weight is 300 g/mol. The van der Waals surface area contributed by atoms with Crippen molar-refractivity contribution < 1.29 is 0 Å². The molecule has 2 aromatic heterocycles. The molecule has 5 nitrogen and oxygen atoms in total. The number of nitrogens with zero attached hydrogens (tertiary/aromatic N) is 3. The van der Waals surface area contributed by atoms with Crippen LogP contribution in [0, 0.1) is 0 Å². The van der Waals surface area contributed by atoms with Crippen molar-refractivity contribution in [1.82, 2.24) is 19.6 Å². The lowest BCUT2D eigenvalue weighted by Gasteiger charge is -2.34. The van der Waals surface area contributed by atoms with Crippen LogP contribution in [0.15, 0.2) is 35.3 Å². The predicted octanol–water partition coefficient (Wildman–Crippen LogP) is 1.66. The van der Waals surface area contributed by atoms with Gasteiger partial charge in [-0.2, -0.15) is 0 Å². The first-order valence-corrected chi connectivity index (χ1v) is 8.20. The van der Waals surface area contributed by atoms with Crippen LogP contribution in [0.4, 0.5) is 0 Å². The highest BCUT2D eigenvalue weighted by atomic mass is 16.1. The molecule has 0 amide bonds. The first kappa shape index (κ1) is 15.2. The largest absolute Gasteiger partial charge is 0.317 e. The molecule has 0 radical (unpaired) electrons. The summed E-state index contributed by atoms with van der Waals surface area (Å²) in [6.45, 7) is 6.19. The summed E-state index contributed by atoms with van der Waals surface area (Å²) in [5.74, 6) is 0. The first-order chi connectivity index (χ1) is 10.8. The second-order valence-electron chi connectivity index (χ2n) is 5.97. The third-order valence-electron chi connectivity index (χ3n) is 4.33. The summed E-state index contributed by atoms with van der Waals surface area (Å²) < 4.78 is 1.60. The fraction of sp³-hybridized carbons (Fsp3) is 0.529. The summed E-state index contributed by atoms with van der Waals surface area (Å²) in [4.78, 5) is 19.4. The first-order valence-electron chi connectivity index (χ1n) is 8.20. The standard InChI is InChI=1S/C17H24N4O/c1-2-10-20(15-6-8-18-9-7-15)13-14-12-17(22)21-11-4-3-5-16(21)19-14/h3-5,11-12,15,18H,2,6-10,13H2,1H3. The minimum atomic E-state index is 0.00218. The van der Waals surface area contributed by atoms with Crippen molar-refractivity contribution in [3.63, 3.8) is 0 Å². The maximum atomic E-state index is 12.2. The molecule has 3 heterocycles. The molecule has 0 atom stereocenters. The SMILES string of the molecule is CCCN(Cc1cc(=O)n2ccccc2n1)C1CCNCC1. The van der Waals surface area contributed by atoms with Crippen molar-refractivity contribution in [2.24, 2.45) is 0 Å². The zero-order chi connectivity index (χ0) is 15.4. The van der Waals surface area contributed by atoms with Gasteiger partial charge in [-0.25, -0.2) is 4.98 Å². The summed E-state index contributed by atoms with van der Waals surface area (Å²) in [5, 5.41) is 3.41. The number of piperidine rings is 1. The smallest absolute Gasteiger partial charge is 0.258 e. The van der Waals surface area contributed by atoms with Crippen molar-refractivity contribution in [2.45, 2.75) is 38.8 Å². The van der Waals surface area contributed by atoms with E-state index in [4.69, 9.17) is 0 Å². The summed E-state index contributed by atoms with van der Waals surface area (Å²) in [7, 11) is 0. The zero-order valence-electron chi connectivity index (χ0n) is 13.2. The number of nitrogens with one attached hydrogen (secondary N) is 1. The molecule has 2 aromatic rings. The van der Waals surface area contributed by atoms with Crippen molar-refractivity contribution in [1.29, 1.82) is 0 Å². The second-order valence-corrected chi connectivity index (χ2v) is 5.97. The molecule has 1 saturated heterocycles. The van der Waals surface area contributed by atoms with E-state index in [0.717, 1.165) is 43.9 Å². The van der Waals surface area contributed by atoms with Gasteiger partial charge in [0.2, 0.25) is 0 Å². The molecule has 1 aliphatic rings. The molecule has 5 heteroatoms. The van der Waals surface area contributed by atoms with Gasteiger partial charge < -0.3 is 5.32 Å². The molecule has 1 fully saturated rings. The van der Waals surface area contributed by atoms with Gasteiger partial charge in [0.1, 0.15) is 5.65 Å². The van der Waals surface area contributed by atoms with Gasteiger partial charge in [0.25, 0.3) is 5.56 Å². The van der Waals surface area contributed by atoms with E-state index in [1.165, 1.54) is 12.8 Å². The van der Waals surface area contributed by atoms with E-state index in [1.807, 2.05) is 18.2 Å². The van der Waals surface area contributed by atoms with Crippen LogP contribution in [0.3, 0.4) is 0 Å². The van der Waals surface area contributed by atoms with E-state index in [2.05, 4.69) is 22.1 Å². The number of aromatic nitrogens is 2. The molecule has 0 saturated carbocycles. The van der Waals surface area contributed by atoms with Crippen molar-refractivity contribution in [2.75, 3.05) is 19.6 Å². The molecule has 0 unspecified atom stereocenters. The van der Waals surface area contributed by atoms with Gasteiger partial charge in [-0.15, -0.1) is 0 Å². The maximum Gasteiger partial charge on any atom is 0.258 e. The molecule has 0 spiro atoms. The quantitative estimate of drug-likeness (QED) is 0.912. The van der Waals surface area contributed by atoms with E-state index in [0.29, 0.717) is 6.04 Å². The number of pyridine rings is 1. The topological polar surface area (TPSA) is 49.6 Å². The Labute approximate surface area is 131 Å². The fourth-order valence-electron chi connectivity index (χ4n) is 3.24. The Hall–Kier alpha value is -1.72. The molecule has 22 heavy (non-hydrogen) atoms. The van der Waals surface area contributed by atoms with Crippen LogP contribution >= 0.6 is 0 Å². The van der Waals surface area contributed by atoms with Gasteiger partial charge in [0, 0.05) is 24.8 Å². The Balaban J connectivity index is 1.84. The highest BCUT2D eigenvalue weighted by molar-refractivity contribution is 5.37. The lowest BCUT2D eigenvalue weighted by molar-refractivity contribution is 0.152. The molecular weight excluding hydrogens is 276 g/mol. The summed E-state index contributed by atoms with van der Waals surface area (Å²) in [6, 6.07) is 7.93. The Morgan fingerprint density at radius 3 is 2.95 bits per heavy atom. The van der Waals surface area contributed by atoms with Crippen LogP contribution in [0.1, 0.15) is 31.9 Å². The van der Waals surface area contributed by atoms with E-state index >= 15 is 0 Å². The fourth-order valence-corrected chi connectivity index (χ4v) is 3.24. The molecule has 0 aromatic carbocycles. The van der Waals surface area contributed by atoms with Crippen LogP contribution in [0.25, 0.3) is 5.65 Å². The number of rotatable bonds is 5. The molecule has 1 N–H and O–H groups in total. The molecule has 1 aliphatic heterocycles. The van der Waals surface area contributed by atoms with Gasteiger partial charge in [0.05, 0.1) is 5.69 Å². The highest BCUT2D eigenvalue weighted by Crippen LogP contribution is 2.15. The summed E-state index contributed by atoms with van der Waals surface area (Å²) >= 11 is 0. The van der Waals surface area contributed by atoms with Crippen LogP contribution in [-0.4, -0.2) is 40.0 Å². The number of hydrogen-bond donors (Lipinski definition) is 1. The van der Waals surface area contributed by atoms with Crippen molar-refractivity contribution in [3.05, 3.63) is 46.5 Å². The van der Waals surface area contributed by atoms with Crippen molar-refractivity contribution in [3.8, 4) is 0 Å². The highest BCUT2D eigenvalue weighted by Gasteiger charge is 2.21. The Morgan fingerprint density at radius 1 is 1.36 bits per heavy atom. The van der Waals surface area contributed by atoms with Crippen LogP contribution in [0.5, 0.6) is 0 Å². The minimum absolute atomic E-state index is 0.00218. The summed E-state index contributed by atoms with van der Waals surface area (Å²) in [5.41, 5.74) is 1.61. The molecule has 118 valence electrons. The van der Waals surface area contributed by atoms with E-state index in [9.17, 15) is 4.79 Å². The van der Waals surface area contributed by atoms with Gasteiger partial charge in [-0.3, -0.25) is 14.1 Å². The van der Waals surface area contributed by atoms with E-state index < -0.39 is 0 Å². The zero-order valence-corrected chi connectivity index (χ0v) is 13.2. The maximum absolute atomic E-state index is 12.2. The lowest BCUT2D eigenvalue weighted by Crippen LogP contribution is -2.43. The average Bonchev–Trinajstić information content (AvgIpc) is 2.55. The molecule has 0 aliphatic carbocycles. The molecule has 0 bridgehead atoms. The number of fused-ring (bicyclic) bond motifs is 1. The normalized spacial score (nSPS) is 16.5. The Kier molecular flexibility index (Phi) is 4.85. The van der Waals surface area contributed by atoms with Crippen LogP contribution in [-0.2, 0) is 6.54 Å². The van der Waals surface area contributed by atoms with E-state index in [-0.39, 0.29) is 5.56 Å². The van der Waals surface area contributed by atoms with Gasteiger partial charge in [0.15, 0.2) is 0 Å². The van der Waals surface area contributed by atoms with E-state index in [1.54, 1.807) is 16.7 Å². The van der Waals surface area contributed by atoms with Crippen LogP contribution in [0.2, 0.25) is 0 Å². The van der Waals surface area contributed by atoms with Crippen molar-refractivity contribution >= 4 is 5.65 Å². The number of hydrogen-bond acceptors (Lipinski definition) is 4. The third-order valence-corrected chi connectivity index (χ3v) is 4.33. The summed E-state index contributed by atoms with van der Waals surface area (Å²) in [6.07, 6.45) is 5.24. The molecular formula is C17H24N4O. The second kappa shape index (κ2) is 7.03. The predicted molar refractivity (Wildman–Crippen MR) is 88.1 cm³/mol. The molecule has 3 rings (SSSR count). The minimum Gasteiger partial charge on any atom is -0.317 e. The third kappa shape index (κ3) is 3.36. The van der Waals surface area contributed by atoms with Gasteiger partial charge in [-0.1, -0.05) is 13.0 Å². The van der Waals surface area contributed by atoms with Gasteiger partial charge in [-0.05, 0) is 51.0 Å². The lowest BCUT2D eigenvalue weighted by atomic mass is 10.0. The van der Waals surface area contributed by atoms with Crippen LogP contribution < -0.4 is 10.9 Å². The Bertz CT molecular complexity index is 676. The Morgan fingerprint density at radius 2 is 2.18 bits per heavy atom. The monoisotopic (exact) mass is 300 g/mol.